The van der Waals surface area contributed by atoms with E-state index >= 15 is 0 Å². The van der Waals surface area contributed by atoms with E-state index < -0.39 is 0 Å². The molecule has 0 aliphatic carbocycles. The minimum atomic E-state index is -0.329. The van der Waals surface area contributed by atoms with E-state index in [0.717, 1.165) is 53.7 Å². The summed E-state index contributed by atoms with van der Waals surface area (Å²) in [5, 5.41) is 10.7. The second-order valence-electron chi connectivity index (χ2n) is 7.04. The Bertz CT molecular complexity index is 845. The van der Waals surface area contributed by atoms with Crippen LogP contribution in [-0.4, -0.2) is 43.2 Å². The van der Waals surface area contributed by atoms with Gasteiger partial charge in [0.15, 0.2) is 5.96 Å². The van der Waals surface area contributed by atoms with Crippen LogP contribution in [0.3, 0.4) is 0 Å². The van der Waals surface area contributed by atoms with Crippen LogP contribution in [0, 0.1) is 13.8 Å². The Balaban J connectivity index is 0.00000320. The Kier molecular flexibility index (Phi) is 9.99. The van der Waals surface area contributed by atoms with Crippen molar-refractivity contribution in [3.8, 4) is 0 Å². The lowest BCUT2D eigenvalue weighted by molar-refractivity contribution is -0.124. The largest absolute Gasteiger partial charge is 0.368 e. The number of anilines is 1. The van der Waals surface area contributed by atoms with Crippen molar-refractivity contribution >= 4 is 52.9 Å². The third-order valence-corrected chi connectivity index (χ3v) is 5.94. The van der Waals surface area contributed by atoms with Gasteiger partial charge in [0.2, 0.25) is 0 Å². The van der Waals surface area contributed by atoms with Crippen LogP contribution in [0.5, 0.6) is 0 Å². The number of hydrogen-bond donors (Lipinski definition) is 3. The van der Waals surface area contributed by atoms with Crippen LogP contribution < -0.4 is 16.0 Å². The van der Waals surface area contributed by atoms with Crippen molar-refractivity contribution in [2.24, 2.45) is 4.99 Å². The number of nitrogens with zero attached hydrogens (tertiary/aromatic N) is 2. The van der Waals surface area contributed by atoms with Crippen molar-refractivity contribution < 1.29 is 9.53 Å². The highest BCUT2D eigenvalue weighted by Gasteiger charge is 2.23. The van der Waals surface area contributed by atoms with E-state index in [2.05, 4.69) is 32.9 Å². The van der Waals surface area contributed by atoms with Crippen molar-refractivity contribution in [3.05, 3.63) is 45.4 Å². The van der Waals surface area contributed by atoms with E-state index in [1.807, 2.05) is 31.2 Å². The number of thiazole rings is 1. The maximum Gasteiger partial charge on any atom is 0.253 e. The molecule has 7 nitrogen and oxygen atoms in total. The molecule has 1 aromatic carbocycles. The number of aromatic nitrogens is 1. The topological polar surface area (TPSA) is 87.6 Å². The van der Waals surface area contributed by atoms with Crippen LogP contribution in [0.2, 0.25) is 0 Å². The number of aliphatic imine (C=N–C) groups is 1. The molecule has 0 bridgehead atoms. The fraction of sp³-hybridized carbons (Fsp3) is 0.476. The summed E-state index contributed by atoms with van der Waals surface area (Å²) in [6.45, 7) is 6.18. The predicted octanol–water partition coefficient (Wildman–Crippen LogP) is 3.40. The summed E-state index contributed by atoms with van der Waals surface area (Å²) >= 11 is 1.74. The third kappa shape index (κ3) is 7.21. The molecule has 0 radical (unpaired) electrons. The standard InChI is InChI=1S/C21H29N5O2S.HI/c1-14-15(2)29-19(25-14)9-10-23-21(22-3)24-13-16-6-4-7-17(12-16)26-20(27)18-8-5-11-28-18;/h4,6-7,12,18H,5,8-11,13H2,1-3H3,(H,26,27)(H2,22,23,24);1H. The minimum absolute atomic E-state index is 0. The van der Waals surface area contributed by atoms with E-state index in [1.165, 1.54) is 4.88 Å². The number of ether oxygens (including phenoxy) is 1. The highest BCUT2D eigenvalue weighted by Crippen LogP contribution is 2.17. The van der Waals surface area contributed by atoms with Gasteiger partial charge in [-0.05, 0) is 44.4 Å². The lowest BCUT2D eigenvalue weighted by Crippen LogP contribution is -2.37. The van der Waals surface area contributed by atoms with Crippen LogP contribution in [0.4, 0.5) is 5.69 Å². The molecule has 1 saturated heterocycles. The molecule has 30 heavy (non-hydrogen) atoms. The number of amides is 1. The molecule has 1 amide bonds. The van der Waals surface area contributed by atoms with Crippen LogP contribution in [0.15, 0.2) is 29.3 Å². The second-order valence-corrected chi connectivity index (χ2v) is 8.33. The number of nitrogens with one attached hydrogen (secondary N) is 3. The smallest absolute Gasteiger partial charge is 0.253 e. The maximum absolute atomic E-state index is 12.2. The van der Waals surface area contributed by atoms with Gasteiger partial charge in [-0.1, -0.05) is 12.1 Å². The second kappa shape index (κ2) is 12.2. The van der Waals surface area contributed by atoms with Crippen molar-refractivity contribution in [2.45, 2.75) is 45.8 Å². The molecular weight excluding hydrogens is 513 g/mol. The van der Waals surface area contributed by atoms with Crippen LogP contribution in [-0.2, 0) is 22.5 Å². The SMILES string of the molecule is CN=C(NCCc1nc(C)c(C)s1)NCc1cccc(NC(=O)C2CCCO2)c1.I. The normalized spacial score (nSPS) is 16.1. The molecule has 1 aliphatic heterocycles. The molecule has 9 heteroatoms. The molecule has 3 N–H and O–H groups in total. The Morgan fingerprint density at radius 3 is 2.83 bits per heavy atom. The highest BCUT2D eigenvalue weighted by atomic mass is 127. The van der Waals surface area contributed by atoms with Crippen LogP contribution >= 0.6 is 35.3 Å². The van der Waals surface area contributed by atoms with Gasteiger partial charge in [0, 0.05) is 43.7 Å². The quantitative estimate of drug-likeness (QED) is 0.283. The van der Waals surface area contributed by atoms with Gasteiger partial charge in [0.25, 0.3) is 5.91 Å². The fourth-order valence-corrected chi connectivity index (χ4v) is 4.04. The average Bonchev–Trinajstić information content (AvgIpc) is 3.35. The molecule has 1 unspecified atom stereocenters. The monoisotopic (exact) mass is 543 g/mol. The Morgan fingerprint density at radius 1 is 1.33 bits per heavy atom. The number of halogens is 1. The van der Waals surface area contributed by atoms with Crippen molar-refractivity contribution in [1.29, 1.82) is 0 Å². The third-order valence-electron chi connectivity index (χ3n) is 4.80. The van der Waals surface area contributed by atoms with Crippen molar-refractivity contribution in [2.75, 3.05) is 25.5 Å². The molecule has 1 aliphatic rings. The van der Waals surface area contributed by atoms with Crippen molar-refractivity contribution in [3.63, 3.8) is 0 Å². The first-order chi connectivity index (χ1) is 14.0. The van der Waals surface area contributed by atoms with E-state index in [0.29, 0.717) is 13.2 Å². The summed E-state index contributed by atoms with van der Waals surface area (Å²) in [4.78, 5) is 22.3. The summed E-state index contributed by atoms with van der Waals surface area (Å²) in [6.07, 6.45) is 2.26. The van der Waals surface area contributed by atoms with Gasteiger partial charge >= 0.3 is 0 Å². The molecule has 3 rings (SSSR count). The first-order valence-electron chi connectivity index (χ1n) is 9.94. The molecule has 1 fully saturated rings. The zero-order valence-corrected chi connectivity index (χ0v) is 20.8. The Labute approximate surface area is 199 Å². The molecule has 0 spiro atoms. The van der Waals surface area contributed by atoms with Crippen LogP contribution in [0.25, 0.3) is 0 Å². The summed E-state index contributed by atoms with van der Waals surface area (Å²) in [5.74, 6) is 0.668. The van der Waals surface area contributed by atoms with Gasteiger partial charge in [0.1, 0.15) is 6.10 Å². The van der Waals surface area contributed by atoms with E-state index in [1.54, 1.807) is 18.4 Å². The average molecular weight is 543 g/mol. The predicted molar refractivity (Wildman–Crippen MR) is 133 cm³/mol. The zero-order valence-electron chi connectivity index (χ0n) is 17.7. The number of guanidine groups is 1. The minimum Gasteiger partial charge on any atom is -0.368 e. The number of carbonyl (C=O) groups is 1. The lowest BCUT2D eigenvalue weighted by atomic mass is 10.2. The molecule has 2 heterocycles. The molecule has 2 aromatic rings. The number of benzene rings is 1. The number of hydrogen-bond acceptors (Lipinski definition) is 5. The van der Waals surface area contributed by atoms with E-state index in [9.17, 15) is 4.79 Å². The van der Waals surface area contributed by atoms with Gasteiger partial charge in [-0.2, -0.15) is 0 Å². The fourth-order valence-electron chi connectivity index (χ4n) is 3.11. The Hall–Kier alpha value is -1.72. The van der Waals surface area contributed by atoms with Crippen LogP contribution in [0.1, 0.15) is 34.0 Å². The Morgan fingerprint density at radius 2 is 2.17 bits per heavy atom. The highest BCUT2D eigenvalue weighted by molar-refractivity contribution is 14.0. The molecule has 0 saturated carbocycles. The summed E-state index contributed by atoms with van der Waals surface area (Å²) in [7, 11) is 1.76. The lowest BCUT2D eigenvalue weighted by Gasteiger charge is -2.13. The first kappa shape index (κ1) is 24.5. The van der Waals surface area contributed by atoms with E-state index in [4.69, 9.17) is 4.74 Å². The number of carbonyl (C=O) groups excluding carboxylic acids is 1. The molecular formula is C21H30IN5O2S. The zero-order chi connectivity index (χ0) is 20.6. The molecule has 1 atom stereocenters. The van der Waals surface area contributed by atoms with Gasteiger partial charge in [-0.25, -0.2) is 4.98 Å². The van der Waals surface area contributed by atoms with Gasteiger partial charge in [0.05, 0.1) is 10.7 Å². The summed E-state index contributed by atoms with van der Waals surface area (Å²) < 4.78 is 5.44. The first-order valence-corrected chi connectivity index (χ1v) is 10.8. The summed E-state index contributed by atoms with van der Waals surface area (Å²) in [6, 6.07) is 7.81. The summed E-state index contributed by atoms with van der Waals surface area (Å²) in [5.41, 5.74) is 2.95. The van der Waals surface area contributed by atoms with Gasteiger partial charge < -0.3 is 20.7 Å². The number of aryl methyl sites for hydroxylation is 2. The maximum atomic E-state index is 12.2. The van der Waals surface area contributed by atoms with E-state index in [-0.39, 0.29) is 36.0 Å². The van der Waals surface area contributed by atoms with Gasteiger partial charge in [-0.3, -0.25) is 9.79 Å². The number of rotatable bonds is 7. The molecule has 1 aromatic heterocycles. The molecule has 164 valence electrons. The van der Waals surface area contributed by atoms with Gasteiger partial charge in [-0.15, -0.1) is 35.3 Å². The van der Waals surface area contributed by atoms with Crippen molar-refractivity contribution in [1.82, 2.24) is 15.6 Å².